The first-order chi connectivity index (χ1) is 7.64. The van der Waals surface area contributed by atoms with Crippen molar-refractivity contribution < 1.29 is 31.3 Å². The number of amides is 1. The topological polar surface area (TPSA) is 68.0 Å². The number of halogens is 5. The molecule has 0 aliphatic rings. The smallest absolute Gasteiger partial charge is 0.343 e. The predicted molar refractivity (Wildman–Crippen MR) is 41.9 cm³/mol. The number of nitrogens with one attached hydrogen (secondary N) is 1. The minimum atomic E-state index is -5.94. The van der Waals surface area contributed by atoms with E-state index in [1.165, 1.54) is 12.2 Å². The van der Waals surface area contributed by atoms with Crippen LogP contribution in [-0.2, 0) is 11.3 Å². The summed E-state index contributed by atoms with van der Waals surface area (Å²) in [4.78, 5) is 14.1. The average molecular weight is 259 g/mol. The van der Waals surface area contributed by atoms with Gasteiger partial charge in [0.15, 0.2) is 5.82 Å². The summed E-state index contributed by atoms with van der Waals surface area (Å²) < 4.78 is 64.5. The molecular weight excluding hydrogens is 253 g/mol. The van der Waals surface area contributed by atoms with Crippen molar-refractivity contribution in [3.05, 3.63) is 11.7 Å². The van der Waals surface area contributed by atoms with Crippen LogP contribution in [0.1, 0.15) is 11.7 Å². The van der Waals surface area contributed by atoms with Crippen molar-refractivity contribution in [1.82, 2.24) is 15.5 Å². The molecule has 1 heterocycles. The molecule has 10 heteroatoms. The highest BCUT2D eigenvalue weighted by molar-refractivity contribution is 5.84. The van der Waals surface area contributed by atoms with Crippen molar-refractivity contribution in [3.63, 3.8) is 0 Å². The van der Waals surface area contributed by atoms with Crippen LogP contribution in [0.4, 0.5) is 22.0 Å². The maximum absolute atomic E-state index is 12.4. The Hall–Kier alpha value is -1.74. The number of alkyl halides is 5. The standard InChI is InChI=1S/C7H6F5N3O2/c1-3-14-4(15-17-3)2-13-5(16)6(8,9)7(10,11)12/h2H2,1H3,(H,13,16). The highest BCUT2D eigenvalue weighted by Crippen LogP contribution is 2.35. The van der Waals surface area contributed by atoms with Crippen LogP contribution in [0.15, 0.2) is 4.52 Å². The monoisotopic (exact) mass is 259 g/mol. The van der Waals surface area contributed by atoms with E-state index in [-0.39, 0.29) is 11.7 Å². The normalized spacial score (nSPS) is 12.6. The number of hydrogen-bond acceptors (Lipinski definition) is 4. The first kappa shape index (κ1) is 13.3. The molecule has 1 N–H and O–H groups in total. The molecule has 1 amide bonds. The average Bonchev–Trinajstić information content (AvgIpc) is 2.58. The van der Waals surface area contributed by atoms with E-state index < -0.39 is 24.6 Å². The summed E-state index contributed by atoms with van der Waals surface area (Å²) in [5, 5.41) is 4.57. The van der Waals surface area contributed by atoms with Crippen molar-refractivity contribution in [2.75, 3.05) is 0 Å². The zero-order valence-electron chi connectivity index (χ0n) is 8.31. The molecule has 1 aromatic heterocycles. The Balaban J connectivity index is 2.61. The van der Waals surface area contributed by atoms with Crippen LogP contribution in [-0.4, -0.2) is 28.1 Å². The Morgan fingerprint density at radius 1 is 1.35 bits per heavy atom. The van der Waals surface area contributed by atoms with Crippen LogP contribution in [0.3, 0.4) is 0 Å². The molecule has 0 aliphatic heterocycles. The minimum absolute atomic E-state index is 0.0943. The Morgan fingerprint density at radius 2 is 1.94 bits per heavy atom. The number of aromatic nitrogens is 2. The van der Waals surface area contributed by atoms with Crippen LogP contribution in [0.5, 0.6) is 0 Å². The number of carbonyl (C=O) groups is 1. The number of nitrogens with zero attached hydrogens (tertiary/aromatic N) is 2. The van der Waals surface area contributed by atoms with Gasteiger partial charge in [-0.05, 0) is 0 Å². The zero-order chi connectivity index (χ0) is 13.3. The summed E-state index contributed by atoms with van der Waals surface area (Å²) in [7, 11) is 0. The molecule has 0 saturated carbocycles. The molecule has 0 saturated heterocycles. The number of rotatable bonds is 3. The van der Waals surface area contributed by atoms with Gasteiger partial charge in [0.2, 0.25) is 5.89 Å². The van der Waals surface area contributed by atoms with Crippen LogP contribution in [0.25, 0.3) is 0 Å². The third-order valence-corrected chi connectivity index (χ3v) is 1.62. The van der Waals surface area contributed by atoms with Crippen molar-refractivity contribution in [2.24, 2.45) is 0 Å². The first-order valence-electron chi connectivity index (χ1n) is 4.16. The fourth-order valence-electron chi connectivity index (χ4n) is 0.812. The van der Waals surface area contributed by atoms with Gasteiger partial charge in [-0.2, -0.15) is 26.9 Å². The maximum atomic E-state index is 12.4. The molecule has 0 unspecified atom stereocenters. The SMILES string of the molecule is Cc1nc(CNC(=O)C(F)(F)C(F)(F)F)no1. The summed E-state index contributed by atoms with van der Waals surface area (Å²) in [5.74, 6) is -8.02. The molecule has 17 heavy (non-hydrogen) atoms. The Morgan fingerprint density at radius 3 is 2.35 bits per heavy atom. The molecule has 5 nitrogen and oxygen atoms in total. The van der Waals surface area contributed by atoms with E-state index >= 15 is 0 Å². The summed E-state index contributed by atoms with van der Waals surface area (Å²) in [5.41, 5.74) is 0. The fraction of sp³-hybridized carbons (Fsp3) is 0.571. The lowest BCUT2D eigenvalue weighted by molar-refractivity contribution is -0.269. The van der Waals surface area contributed by atoms with E-state index in [4.69, 9.17) is 0 Å². The number of carbonyl (C=O) groups excluding carboxylic acids is 1. The van der Waals surface area contributed by atoms with E-state index in [2.05, 4.69) is 14.7 Å². The lowest BCUT2D eigenvalue weighted by Crippen LogP contribution is -2.50. The summed E-state index contributed by atoms with van der Waals surface area (Å²) in [6.07, 6.45) is -5.94. The molecule has 0 aromatic carbocycles. The second-order valence-electron chi connectivity index (χ2n) is 2.98. The van der Waals surface area contributed by atoms with Gasteiger partial charge in [-0.25, -0.2) is 0 Å². The van der Waals surface area contributed by atoms with Crippen LogP contribution >= 0.6 is 0 Å². The number of aryl methyl sites for hydroxylation is 1. The van der Waals surface area contributed by atoms with Crippen LogP contribution in [0.2, 0.25) is 0 Å². The van der Waals surface area contributed by atoms with Gasteiger partial charge < -0.3 is 9.84 Å². The Bertz CT molecular complexity index is 414. The largest absolute Gasteiger partial charge is 0.463 e. The third kappa shape index (κ3) is 2.88. The van der Waals surface area contributed by atoms with Gasteiger partial charge in [0, 0.05) is 6.92 Å². The van der Waals surface area contributed by atoms with Crippen molar-refractivity contribution >= 4 is 5.91 Å². The Labute approximate surface area is 91.0 Å². The lowest BCUT2D eigenvalue weighted by Gasteiger charge is -2.17. The number of hydrogen-bond donors (Lipinski definition) is 1. The van der Waals surface area contributed by atoms with Gasteiger partial charge in [-0.1, -0.05) is 5.16 Å². The van der Waals surface area contributed by atoms with E-state index in [0.717, 1.165) is 0 Å². The molecule has 0 spiro atoms. The maximum Gasteiger partial charge on any atom is 0.463 e. The molecule has 96 valence electrons. The van der Waals surface area contributed by atoms with Gasteiger partial charge in [0.05, 0.1) is 6.54 Å². The molecule has 1 aromatic rings. The molecule has 0 fully saturated rings. The highest BCUT2D eigenvalue weighted by Gasteiger charge is 2.63. The molecule has 0 radical (unpaired) electrons. The van der Waals surface area contributed by atoms with Crippen LogP contribution < -0.4 is 5.32 Å². The summed E-state index contributed by atoms with van der Waals surface area (Å²) in [6, 6.07) is 0. The molecule has 0 atom stereocenters. The second kappa shape index (κ2) is 4.26. The fourth-order valence-corrected chi connectivity index (χ4v) is 0.812. The molecular formula is C7H6F5N3O2. The summed E-state index contributed by atoms with van der Waals surface area (Å²) in [6.45, 7) is 0.713. The summed E-state index contributed by atoms with van der Waals surface area (Å²) >= 11 is 0. The van der Waals surface area contributed by atoms with Crippen molar-refractivity contribution in [3.8, 4) is 0 Å². The van der Waals surface area contributed by atoms with E-state index in [1.54, 1.807) is 0 Å². The second-order valence-corrected chi connectivity index (χ2v) is 2.98. The molecule has 1 rings (SSSR count). The van der Waals surface area contributed by atoms with Gasteiger partial charge in [-0.15, -0.1) is 0 Å². The lowest BCUT2D eigenvalue weighted by atomic mass is 10.3. The van der Waals surface area contributed by atoms with Gasteiger partial charge in [0.1, 0.15) is 0 Å². The first-order valence-corrected chi connectivity index (χ1v) is 4.16. The third-order valence-electron chi connectivity index (χ3n) is 1.62. The Kier molecular flexibility index (Phi) is 3.34. The van der Waals surface area contributed by atoms with Gasteiger partial charge >= 0.3 is 18.0 Å². The minimum Gasteiger partial charge on any atom is -0.343 e. The van der Waals surface area contributed by atoms with Gasteiger partial charge in [-0.3, -0.25) is 4.79 Å². The quantitative estimate of drug-likeness (QED) is 0.828. The van der Waals surface area contributed by atoms with Gasteiger partial charge in [0.25, 0.3) is 0 Å². The molecule has 0 bridgehead atoms. The zero-order valence-corrected chi connectivity index (χ0v) is 8.31. The predicted octanol–water partition coefficient (Wildman–Crippen LogP) is 1.19. The van der Waals surface area contributed by atoms with E-state index in [1.807, 2.05) is 0 Å². The highest BCUT2D eigenvalue weighted by atomic mass is 19.4. The van der Waals surface area contributed by atoms with E-state index in [0.29, 0.717) is 0 Å². The van der Waals surface area contributed by atoms with Crippen molar-refractivity contribution in [2.45, 2.75) is 25.6 Å². The molecule has 0 aliphatic carbocycles. The van der Waals surface area contributed by atoms with Crippen LogP contribution in [0, 0.1) is 6.92 Å². The van der Waals surface area contributed by atoms with E-state index in [9.17, 15) is 26.7 Å². The van der Waals surface area contributed by atoms with Crippen molar-refractivity contribution in [1.29, 1.82) is 0 Å².